The molecule has 0 heterocycles. The summed E-state index contributed by atoms with van der Waals surface area (Å²) in [7, 11) is 1.75. The Kier molecular flexibility index (Phi) is 3.50. The lowest BCUT2D eigenvalue weighted by Gasteiger charge is -2.05. The van der Waals surface area contributed by atoms with Gasteiger partial charge in [-0.2, -0.15) is 0 Å². The van der Waals surface area contributed by atoms with Gasteiger partial charge in [0, 0.05) is 16.6 Å². The first-order valence-electron chi connectivity index (χ1n) is 3.43. The molecule has 0 saturated carbocycles. The highest BCUT2D eigenvalue weighted by Crippen LogP contribution is 2.27. The van der Waals surface area contributed by atoms with Gasteiger partial charge in [0.15, 0.2) is 0 Å². The lowest BCUT2D eigenvalue weighted by molar-refractivity contribution is 0.600. The van der Waals surface area contributed by atoms with Crippen LogP contribution in [0.4, 0.5) is 4.39 Å². The molecule has 0 unspecified atom stereocenters. The molecule has 1 N–H and O–H groups in total. The minimum Gasteiger partial charge on any atom is -0.316 e. The SMILES string of the molecule is CNCc1c(F)ccc(Br)c1Cl. The minimum atomic E-state index is -0.280. The van der Waals surface area contributed by atoms with E-state index in [4.69, 9.17) is 11.6 Å². The molecule has 0 aliphatic heterocycles. The molecule has 12 heavy (non-hydrogen) atoms. The highest BCUT2D eigenvalue weighted by molar-refractivity contribution is 9.10. The molecule has 0 saturated heterocycles. The smallest absolute Gasteiger partial charge is 0.129 e. The lowest BCUT2D eigenvalue weighted by Crippen LogP contribution is -2.07. The van der Waals surface area contributed by atoms with Crippen LogP contribution in [0.5, 0.6) is 0 Å². The van der Waals surface area contributed by atoms with Crippen LogP contribution in [0.15, 0.2) is 16.6 Å². The fraction of sp³-hybridized carbons (Fsp3) is 0.250. The second-order valence-electron chi connectivity index (χ2n) is 2.35. The van der Waals surface area contributed by atoms with E-state index in [0.717, 1.165) is 4.47 Å². The normalized spacial score (nSPS) is 10.3. The van der Waals surface area contributed by atoms with E-state index in [0.29, 0.717) is 17.1 Å². The molecule has 1 aromatic rings. The van der Waals surface area contributed by atoms with Gasteiger partial charge in [-0.25, -0.2) is 4.39 Å². The van der Waals surface area contributed by atoms with E-state index in [-0.39, 0.29) is 5.82 Å². The van der Waals surface area contributed by atoms with Crippen molar-refractivity contribution in [1.82, 2.24) is 5.32 Å². The highest BCUT2D eigenvalue weighted by Gasteiger charge is 2.08. The molecule has 1 aromatic carbocycles. The van der Waals surface area contributed by atoms with E-state index in [1.807, 2.05) is 0 Å². The molecule has 1 nitrogen and oxygen atoms in total. The highest BCUT2D eigenvalue weighted by atomic mass is 79.9. The molecular weight excluding hydrogens is 244 g/mol. The second kappa shape index (κ2) is 4.21. The molecule has 0 bridgehead atoms. The zero-order valence-corrected chi connectivity index (χ0v) is 8.84. The fourth-order valence-electron chi connectivity index (χ4n) is 0.908. The molecule has 0 radical (unpaired) electrons. The molecule has 0 aromatic heterocycles. The van der Waals surface area contributed by atoms with Crippen molar-refractivity contribution in [1.29, 1.82) is 0 Å². The van der Waals surface area contributed by atoms with Crippen LogP contribution < -0.4 is 5.32 Å². The summed E-state index contributed by atoms with van der Waals surface area (Å²) < 4.78 is 13.8. The van der Waals surface area contributed by atoms with Gasteiger partial charge in [-0.15, -0.1) is 0 Å². The van der Waals surface area contributed by atoms with Gasteiger partial charge in [-0.05, 0) is 35.1 Å². The second-order valence-corrected chi connectivity index (χ2v) is 3.58. The Hall–Kier alpha value is -0.120. The molecular formula is C8H8BrClFN. The van der Waals surface area contributed by atoms with E-state index in [1.165, 1.54) is 6.07 Å². The van der Waals surface area contributed by atoms with Gasteiger partial charge in [0.1, 0.15) is 5.82 Å². The summed E-state index contributed by atoms with van der Waals surface area (Å²) in [6.07, 6.45) is 0. The van der Waals surface area contributed by atoms with Gasteiger partial charge in [0.2, 0.25) is 0 Å². The van der Waals surface area contributed by atoms with E-state index in [1.54, 1.807) is 13.1 Å². The molecule has 0 aliphatic rings. The Morgan fingerprint density at radius 1 is 1.58 bits per heavy atom. The standard InChI is InChI=1S/C8H8BrClFN/c1-12-4-5-7(11)3-2-6(9)8(5)10/h2-3,12H,4H2,1H3. The molecule has 1 rings (SSSR count). The van der Waals surface area contributed by atoms with E-state index in [9.17, 15) is 4.39 Å². The summed E-state index contributed by atoms with van der Waals surface area (Å²) in [5.74, 6) is -0.280. The molecule has 0 aliphatic carbocycles. The van der Waals surface area contributed by atoms with Gasteiger partial charge >= 0.3 is 0 Å². The van der Waals surface area contributed by atoms with Crippen LogP contribution in [0.25, 0.3) is 0 Å². The molecule has 66 valence electrons. The van der Waals surface area contributed by atoms with Crippen LogP contribution in [-0.2, 0) is 6.54 Å². The Balaban J connectivity index is 3.14. The van der Waals surface area contributed by atoms with Crippen LogP contribution in [0.3, 0.4) is 0 Å². The van der Waals surface area contributed by atoms with E-state index in [2.05, 4.69) is 21.2 Å². The largest absolute Gasteiger partial charge is 0.316 e. The number of hydrogen-bond acceptors (Lipinski definition) is 1. The first-order valence-corrected chi connectivity index (χ1v) is 4.61. The zero-order valence-electron chi connectivity index (χ0n) is 6.50. The van der Waals surface area contributed by atoms with Crippen LogP contribution >= 0.6 is 27.5 Å². The summed E-state index contributed by atoms with van der Waals surface area (Å²) in [5.41, 5.74) is 0.494. The minimum absolute atomic E-state index is 0.280. The van der Waals surface area contributed by atoms with Crippen molar-refractivity contribution in [3.63, 3.8) is 0 Å². The van der Waals surface area contributed by atoms with Crippen LogP contribution in [-0.4, -0.2) is 7.05 Å². The lowest BCUT2D eigenvalue weighted by atomic mass is 10.2. The first-order chi connectivity index (χ1) is 5.66. The maximum absolute atomic E-state index is 13.1. The van der Waals surface area contributed by atoms with Gasteiger partial charge in [0.25, 0.3) is 0 Å². The van der Waals surface area contributed by atoms with E-state index < -0.39 is 0 Å². The van der Waals surface area contributed by atoms with E-state index >= 15 is 0 Å². The first kappa shape index (κ1) is 9.96. The fourth-order valence-corrected chi connectivity index (χ4v) is 1.50. The average molecular weight is 253 g/mol. The summed E-state index contributed by atoms with van der Waals surface area (Å²) in [5, 5.41) is 3.28. The third-order valence-corrected chi connectivity index (χ3v) is 2.81. The number of benzene rings is 1. The Bertz CT molecular complexity index is 291. The Morgan fingerprint density at radius 3 is 2.83 bits per heavy atom. The van der Waals surface area contributed by atoms with Crippen molar-refractivity contribution in [3.8, 4) is 0 Å². The third-order valence-electron chi connectivity index (χ3n) is 1.49. The van der Waals surface area contributed by atoms with Gasteiger partial charge in [0.05, 0.1) is 5.02 Å². The molecule has 4 heteroatoms. The summed E-state index contributed by atoms with van der Waals surface area (Å²) in [6, 6.07) is 2.99. The predicted molar refractivity (Wildman–Crippen MR) is 51.9 cm³/mol. The molecule has 0 amide bonds. The van der Waals surface area contributed by atoms with Gasteiger partial charge < -0.3 is 5.32 Å². The van der Waals surface area contributed by atoms with Crippen molar-refractivity contribution in [2.24, 2.45) is 0 Å². The quantitative estimate of drug-likeness (QED) is 0.798. The van der Waals surface area contributed by atoms with Crippen molar-refractivity contribution in [2.45, 2.75) is 6.54 Å². The average Bonchev–Trinajstić information content (AvgIpc) is 2.06. The van der Waals surface area contributed by atoms with Crippen molar-refractivity contribution < 1.29 is 4.39 Å². The van der Waals surface area contributed by atoms with Crippen molar-refractivity contribution >= 4 is 27.5 Å². The van der Waals surface area contributed by atoms with Crippen molar-refractivity contribution in [2.75, 3.05) is 7.05 Å². The maximum Gasteiger partial charge on any atom is 0.129 e. The third kappa shape index (κ3) is 1.97. The monoisotopic (exact) mass is 251 g/mol. The van der Waals surface area contributed by atoms with Crippen LogP contribution in [0.1, 0.15) is 5.56 Å². The number of nitrogens with one attached hydrogen (secondary N) is 1. The Morgan fingerprint density at radius 2 is 2.25 bits per heavy atom. The molecule has 0 spiro atoms. The molecule has 0 fully saturated rings. The van der Waals surface area contributed by atoms with Gasteiger partial charge in [-0.3, -0.25) is 0 Å². The number of hydrogen-bond donors (Lipinski definition) is 1. The van der Waals surface area contributed by atoms with Crippen molar-refractivity contribution in [3.05, 3.63) is 33.0 Å². The number of rotatable bonds is 2. The zero-order chi connectivity index (χ0) is 9.14. The maximum atomic E-state index is 13.1. The van der Waals surface area contributed by atoms with Gasteiger partial charge in [-0.1, -0.05) is 11.6 Å². The van der Waals surface area contributed by atoms with Crippen LogP contribution in [0.2, 0.25) is 5.02 Å². The predicted octanol–water partition coefficient (Wildman–Crippen LogP) is 2.96. The Labute approximate surface area is 84.0 Å². The summed E-state index contributed by atoms with van der Waals surface area (Å²) in [6.45, 7) is 0.435. The van der Waals surface area contributed by atoms with Crippen LogP contribution in [0, 0.1) is 5.82 Å². The summed E-state index contributed by atoms with van der Waals surface area (Å²) in [4.78, 5) is 0. The summed E-state index contributed by atoms with van der Waals surface area (Å²) >= 11 is 9.07. The topological polar surface area (TPSA) is 12.0 Å². The molecule has 0 atom stereocenters. The number of halogens is 3.